The van der Waals surface area contributed by atoms with Crippen LogP contribution in [0.5, 0.6) is 0 Å². The van der Waals surface area contributed by atoms with E-state index in [9.17, 15) is 13.6 Å². The molecule has 12 heavy (non-hydrogen) atoms. The highest BCUT2D eigenvalue weighted by molar-refractivity contribution is 5.91. The van der Waals surface area contributed by atoms with Crippen molar-refractivity contribution in [2.24, 2.45) is 23.7 Å². The Morgan fingerprint density at radius 2 is 2.00 bits per heavy atom. The van der Waals surface area contributed by atoms with Crippen molar-refractivity contribution in [1.82, 2.24) is 0 Å². The topological polar surface area (TPSA) is 17.1 Å². The molecule has 3 heteroatoms. The molecule has 0 aromatic heterocycles. The average molecular weight is 172 g/mol. The quantitative estimate of drug-likeness (QED) is 0.545. The summed E-state index contributed by atoms with van der Waals surface area (Å²) >= 11 is 0. The molecule has 3 aliphatic carbocycles. The van der Waals surface area contributed by atoms with Crippen molar-refractivity contribution in [3.63, 3.8) is 0 Å². The minimum absolute atomic E-state index is 0.125. The number of fused-ring (bicyclic) bond motifs is 1. The Bertz CT molecular complexity index is 253. The monoisotopic (exact) mass is 172 g/mol. The first-order valence-corrected chi connectivity index (χ1v) is 4.54. The molecule has 0 amide bonds. The molecule has 66 valence electrons. The van der Waals surface area contributed by atoms with Crippen molar-refractivity contribution in [2.75, 3.05) is 0 Å². The summed E-state index contributed by atoms with van der Waals surface area (Å²) in [6.07, 6.45) is 1.75. The van der Waals surface area contributed by atoms with Crippen LogP contribution in [0.15, 0.2) is 0 Å². The number of carbonyl (C=O) groups excluding carboxylic acids is 1. The molecule has 0 N–H and O–H groups in total. The molecule has 1 nitrogen and oxygen atoms in total. The molecule has 2 bridgehead atoms. The summed E-state index contributed by atoms with van der Waals surface area (Å²) in [6.45, 7) is 0. The van der Waals surface area contributed by atoms with Crippen LogP contribution in [0.4, 0.5) is 8.78 Å². The smallest absolute Gasteiger partial charge is 0.255 e. The van der Waals surface area contributed by atoms with Gasteiger partial charge in [-0.15, -0.1) is 0 Å². The van der Waals surface area contributed by atoms with Crippen LogP contribution in [0.2, 0.25) is 0 Å². The molecule has 0 radical (unpaired) electrons. The third kappa shape index (κ3) is 0.520. The second-order valence-corrected chi connectivity index (χ2v) is 4.33. The summed E-state index contributed by atoms with van der Waals surface area (Å²) in [6, 6.07) is 0. The predicted molar refractivity (Wildman–Crippen MR) is 37.8 cm³/mol. The normalized spacial score (nSPS) is 53.7. The van der Waals surface area contributed by atoms with E-state index in [-0.39, 0.29) is 17.6 Å². The van der Waals surface area contributed by atoms with Gasteiger partial charge >= 0.3 is 0 Å². The molecule has 0 spiro atoms. The molecule has 3 aliphatic rings. The van der Waals surface area contributed by atoms with Gasteiger partial charge in [0.05, 0.1) is 0 Å². The van der Waals surface area contributed by atoms with Crippen molar-refractivity contribution < 1.29 is 13.6 Å². The lowest BCUT2D eigenvalue weighted by Crippen LogP contribution is -2.53. The molecule has 3 rings (SSSR count). The summed E-state index contributed by atoms with van der Waals surface area (Å²) in [7, 11) is 0. The Morgan fingerprint density at radius 3 is 2.75 bits per heavy atom. The van der Waals surface area contributed by atoms with Crippen molar-refractivity contribution in [1.29, 1.82) is 0 Å². The van der Waals surface area contributed by atoms with Crippen molar-refractivity contribution in [2.45, 2.75) is 25.2 Å². The van der Waals surface area contributed by atoms with Gasteiger partial charge in [-0.05, 0) is 19.3 Å². The highest BCUT2D eigenvalue weighted by Crippen LogP contribution is 2.64. The molecule has 3 fully saturated rings. The van der Waals surface area contributed by atoms with Crippen molar-refractivity contribution >= 4 is 5.78 Å². The second-order valence-electron chi connectivity index (χ2n) is 4.33. The van der Waals surface area contributed by atoms with Gasteiger partial charge in [0.15, 0.2) is 0 Å². The lowest BCUT2D eigenvalue weighted by Gasteiger charge is -2.43. The van der Waals surface area contributed by atoms with Gasteiger partial charge in [0.25, 0.3) is 5.92 Å². The van der Waals surface area contributed by atoms with E-state index in [4.69, 9.17) is 0 Å². The van der Waals surface area contributed by atoms with Gasteiger partial charge in [-0.1, -0.05) is 0 Å². The van der Waals surface area contributed by atoms with Gasteiger partial charge < -0.3 is 0 Å². The first kappa shape index (κ1) is 6.98. The lowest BCUT2D eigenvalue weighted by molar-refractivity contribution is -0.173. The molecule has 0 saturated heterocycles. The summed E-state index contributed by atoms with van der Waals surface area (Å²) in [4.78, 5) is 11.3. The Morgan fingerprint density at radius 1 is 1.25 bits per heavy atom. The first-order valence-electron chi connectivity index (χ1n) is 4.54. The number of Topliss-reactive ketones (excluding diaryl/α,β-unsaturated/α-hetero) is 1. The van der Waals surface area contributed by atoms with Gasteiger partial charge in [-0.3, -0.25) is 4.79 Å². The number of carbonyl (C=O) groups is 1. The van der Waals surface area contributed by atoms with E-state index in [2.05, 4.69) is 0 Å². The third-order valence-electron chi connectivity index (χ3n) is 3.95. The number of hydrogen-bond donors (Lipinski definition) is 0. The van der Waals surface area contributed by atoms with E-state index >= 15 is 0 Å². The summed E-state index contributed by atoms with van der Waals surface area (Å²) in [5.74, 6) is -3.97. The van der Waals surface area contributed by atoms with Crippen LogP contribution in [0.3, 0.4) is 0 Å². The zero-order valence-corrected chi connectivity index (χ0v) is 6.59. The van der Waals surface area contributed by atoms with E-state index in [0.717, 1.165) is 6.42 Å². The van der Waals surface area contributed by atoms with Gasteiger partial charge in [0.2, 0.25) is 0 Å². The number of halogens is 2. The predicted octanol–water partition coefficient (Wildman–Crippen LogP) is 1.87. The maximum absolute atomic E-state index is 13.4. The van der Waals surface area contributed by atoms with Crippen LogP contribution >= 0.6 is 0 Å². The molecule has 0 aromatic rings. The minimum Gasteiger partial charge on any atom is -0.299 e. The molecule has 4 unspecified atom stereocenters. The second kappa shape index (κ2) is 1.73. The Hall–Kier alpha value is -0.470. The Kier molecular flexibility index (Phi) is 1.01. The fraction of sp³-hybridized carbons (Fsp3) is 0.889. The van der Waals surface area contributed by atoms with E-state index < -0.39 is 17.8 Å². The largest absolute Gasteiger partial charge is 0.299 e. The van der Waals surface area contributed by atoms with E-state index in [1.54, 1.807) is 0 Å². The summed E-state index contributed by atoms with van der Waals surface area (Å²) < 4.78 is 26.7. The van der Waals surface area contributed by atoms with Crippen LogP contribution in [0.1, 0.15) is 19.3 Å². The fourth-order valence-electron chi connectivity index (χ4n) is 3.34. The van der Waals surface area contributed by atoms with E-state index in [1.165, 1.54) is 0 Å². The van der Waals surface area contributed by atoms with Crippen molar-refractivity contribution in [3.05, 3.63) is 0 Å². The zero-order chi connectivity index (χ0) is 8.51. The maximum Gasteiger partial charge on any atom is 0.255 e. The molecule has 3 saturated carbocycles. The lowest BCUT2D eigenvalue weighted by atomic mass is 9.61. The average Bonchev–Trinajstić information content (AvgIpc) is 2.27. The van der Waals surface area contributed by atoms with Gasteiger partial charge in [-0.25, -0.2) is 8.78 Å². The van der Waals surface area contributed by atoms with Crippen LogP contribution < -0.4 is 0 Å². The fourth-order valence-corrected chi connectivity index (χ4v) is 3.34. The zero-order valence-electron chi connectivity index (χ0n) is 6.59. The number of hydrogen-bond acceptors (Lipinski definition) is 1. The molecule has 0 heterocycles. The van der Waals surface area contributed by atoms with Crippen LogP contribution in [-0.4, -0.2) is 11.7 Å². The van der Waals surface area contributed by atoms with Crippen molar-refractivity contribution in [3.8, 4) is 0 Å². The van der Waals surface area contributed by atoms with Crippen LogP contribution in [0.25, 0.3) is 0 Å². The SMILES string of the molecule is O=C1C2CCC3CC1C2C3(F)F. The van der Waals surface area contributed by atoms with E-state index in [1.807, 2.05) is 0 Å². The number of ketones is 1. The number of rotatable bonds is 0. The van der Waals surface area contributed by atoms with Gasteiger partial charge in [0.1, 0.15) is 5.78 Å². The number of alkyl halides is 2. The van der Waals surface area contributed by atoms with Crippen LogP contribution in [-0.2, 0) is 4.79 Å². The molecular weight excluding hydrogens is 162 g/mol. The summed E-state index contributed by atoms with van der Waals surface area (Å²) in [5.41, 5.74) is 0. The Balaban J connectivity index is 2.05. The van der Waals surface area contributed by atoms with Crippen LogP contribution in [0, 0.1) is 23.7 Å². The molecule has 0 aliphatic heterocycles. The Labute approximate surface area is 69.1 Å². The highest BCUT2D eigenvalue weighted by atomic mass is 19.3. The molecule has 4 atom stereocenters. The standard InChI is InChI=1S/C9H10F2O/c10-9(11)4-1-2-5-7(9)6(3-4)8(5)12/h4-7H,1-3H2. The van der Waals surface area contributed by atoms with Gasteiger partial charge in [-0.2, -0.15) is 0 Å². The highest BCUT2D eigenvalue weighted by Gasteiger charge is 2.71. The molecular formula is C9H10F2O. The molecule has 0 aromatic carbocycles. The first-order chi connectivity index (χ1) is 5.62. The van der Waals surface area contributed by atoms with E-state index in [0.29, 0.717) is 12.8 Å². The van der Waals surface area contributed by atoms with Gasteiger partial charge in [0, 0.05) is 23.7 Å². The summed E-state index contributed by atoms with van der Waals surface area (Å²) in [5, 5.41) is 0. The maximum atomic E-state index is 13.4. The minimum atomic E-state index is -2.51. The third-order valence-corrected chi connectivity index (χ3v) is 3.95.